The lowest BCUT2D eigenvalue weighted by molar-refractivity contribution is -0.137. The predicted octanol–water partition coefficient (Wildman–Crippen LogP) is 1.38. The zero-order valence-electron chi connectivity index (χ0n) is 9.76. The third-order valence-electron chi connectivity index (χ3n) is 2.69. The smallest absolute Gasteiger partial charge is 0.398 e. The van der Waals surface area contributed by atoms with Crippen LogP contribution in [0.15, 0.2) is 23.4 Å². The van der Waals surface area contributed by atoms with Crippen LogP contribution in [-0.4, -0.2) is 36.5 Å². The van der Waals surface area contributed by atoms with Gasteiger partial charge in [0, 0.05) is 18.4 Å². The highest BCUT2D eigenvalue weighted by atomic mass is 32.2. The predicted molar refractivity (Wildman–Crippen MR) is 61.6 cm³/mol. The van der Waals surface area contributed by atoms with Crippen molar-refractivity contribution in [2.24, 2.45) is 0 Å². The van der Waals surface area contributed by atoms with Gasteiger partial charge in [0.15, 0.2) is 0 Å². The number of halogens is 3. The first-order valence-electron chi connectivity index (χ1n) is 5.50. The monoisotopic (exact) mass is 295 g/mol. The highest BCUT2D eigenvalue weighted by molar-refractivity contribution is 7.89. The van der Waals surface area contributed by atoms with E-state index in [4.69, 9.17) is 5.73 Å². The molecule has 9 heteroatoms. The molecule has 0 amide bonds. The second-order valence-electron chi connectivity index (χ2n) is 4.31. The highest BCUT2D eigenvalue weighted by Gasteiger charge is 2.45. The number of alkyl halides is 3. The second-order valence-corrected chi connectivity index (χ2v) is 6.17. The van der Waals surface area contributed by atoms with E-state index in [1.807, 2.05) is 0 Å². The van der Waals surface area contributed by atoms with Gasteiger partial charge >= 0.3 is 6.18 Å². The molecule has 1 fully saturated rings. The molecular formula is C10H12F3N3O2S. The minimum Gasteiger partial charge on any atom is -0.398 e. The summed E-state index contributed by atoms with van der Waals surface area (Å²) in [5, 5.41) is 0. The van der Waals surface area contributed by atoms with E-state index in [0.717, 1.165) is 6.20 Å². The molecule has 0 unspecified atom stereocenters. The summed E-state index contributed by atoms with van der Waals surface area (Å²) in [5.74, 6) is 0. The van der Waals surface area contributed by atoms with Crippen LogP contribution in [0.4, 0.5) is 18.9 Å². The van der Waals surface area contributed by atoms with Crippen molar-refractivity contribution in [2.75, 3.05) is 12.3 Å². The first-order valence-corrected chi connectivity index (χ1v) is 6.94. The van der Waals surface area contributed by atoms with Gasteiger partial charge < -0.3 is 5.73 Å². The number of nitrogen functional groups attached to an aromatic ring is 1. The molecule has 0 bridgehead atoms. The van der Waals surface area contributed by atoms with Gasteiger partial charge in [-0.25, -0.2) is 8.42 Å². The van der Waals surface area contributed by atoms with Crippen LogP contribution >= 0.6 is 0 Å². The van der Waals surface area contributed by atoms with Gasteiger partial charge in [0.2, 0.25) is 10.0 Å². The van der Waals surface area contributed by atoms with Gasteiger partial charge in [0.1, 0.15) is 11.4 Å². The molecule has 1 aliphatic rings. The van der Waals surface area contributed by atoms with Crippen molar-refractivity contribution in [1.82, 2.24) is 9.29 Å². The first-order chi connectivity index (χ1) is 8.72. The van der Waals surface area contributed by atoms with E-state index in [1.165, 1.54) is 12.3 Å². The van der Waals surface area contributed by atoms with Crippen LogP contribution in [0.1, 0.15) is 12.8 Å². The number of hydrogen-bond donors (Lipinski definition) is 1. The van der Waals surface area contributed by atoms with Crippen molar-refractivity contribution < 1.29 is 21.6 Å². The van der Waals surface area contributed by atoms with E-state index in [0.29, 0.717) is 17.1 Å². The minimum absolute atomic E-state index is 0.108. The molecule has 0 atom stereocenters. The number of hydrogen-bond acceptors (Lipinski definition) is 4. The fraction of sp³-hybridized carbons (Fsp3) is 0.500. The normalized spacial score (nSPS) is 16.8. The largest absolute Gasteiger partial charge is 0.402 e. The number of pyridine rings is 1. The van der Waals surface area contributed by atoms with Gasteiger partial charge in [-0.05, 0) is 18.9 Å². The molecule has 0 spiro atoms. The second kappa shape index (κ2) is 4.64. The lowest BCUT2D eigenvalue weighted by Gasteiger charge is -2.23. The first kappa shape index (κ1) is 14.1. The molecule has 2 N–H and O–H groups in total. The summed E-state index contributed by atoms with van der Waals surface area (Å²) in [6.45, 7) is -1.51. The number of nitrogens with zero attached hydrogens (tertiary/aromatic N) is 2. The molecule has 0 saturated heterocycles. The van der Waals surface area contributed by atoms with Crippen molar-refractivity contribution in [3.8, 4) is 0 Å². The lowest BCUT2D eigenvalue weighted by Crippen LogP contribution is -2.40. The van der Waals surface area contributed by atoms with E-state index in [1.54, 1.807) is 0 Å². The van der Waals surface area contributed by atoms with Gasteiger partial charge in [0.05, 0.1) is 5.69 Å². The van der Waals surface area contributed by atoms with Crippen LogP contribution in [0.2, 0.25) is 0 Å². The van der Waals surface area contributed by atoms with Crippen LogP contribution in [0, 0.1) is 0 Å². The number of nitrogens with two attached hydrogens (primary N) is 1. The molecule has 0 aliphatic heterocycles. The molecule has 1 aliphatic carbocycles. The molecule has 5 nitrogen and oxygen atoms in total. The molecule has 19 heavy (non-hydrogen) atoms. The van der Waals surface area contributed by atoms with E-state index >= 15 is 0 Å². The van der Waals surface area contributed by atoms with Gasteiger partial charge in [-0.3, -0.25) is 4.98 Å². The summed E-state index contributed by atoms with van der Waals surface area (Å²) in [7, 11) is -4.28. The standard InChI is InChI=1S/C10H12F3N3O2S/c11-10(12,13)6-16(7-1-2-7)19(17,18)9-5-15-4-3-8(9)14/h3-5,7H,1-2,6H2,(H2,14,15). The van der Waals surface area contributed by atoms with Gasteiger partial charge in [0.25, 0.3) is 0 Å². The Morgan fingerprint density at radius 1 is 1.42 bits per heavy atom. The maximum atomic E-state index is 12.5. The van der Waals surface area contributed by atoms with Crippen molar-refractivity contribution in [3.63, 3.8) is 0 Å². The molecule has 2 rings (SSSR count). The fourth-order valence-corrected chi connectivity index (χ4v) is 3.41. The van der Waals surface area contributed by atoms with E-state index in [9.17, 15) is 21.6 Å². The van der Waals surface area contributed by atoms with Gasteiger partial charge in [-0.1, -0.05) is 0 Å². The molecule has 106 valence electrons. The average Bonchev–Trinajstić information content (AvgIpc) is 3.08. The van der Waals surface area contributed by atoms with Crippen LogP contribution in [0.3, 0.4) is 0 Å². The van der Waals surface area contributed by atoms with Crippen LogP contribution in [0.25, 0.3) is 0 Å². The molecule has 1 saturated carbocycles. The van der Waals surface area contributed by atoms with Gasteiger partial charge in [-0.15, -0.1) is 0 Å². The maximum Gasteiger partial charge on any atom is 0.402 e. The highest BCUT2D eigenvalue weighted by Crippen LogP contribution is 2.35. The Bertz CT molecular complexity index is 570. The Morgan fingerprint density at radius 2 is 2.05 bits per heavy atom. The van der Waals surface area contributed by atoms with E-state index in [-0.39, 0.29) is 10.6 Å². The number of anilines is 1. The third-order valence-corrected chi connectivity index (χ3v) is 4.63. The van der Waals surface area contributed by atoms with Crippen LogP contribution in [-0.2, 0) is 10.0 Å². The SMILES string of the molecule is Nc1ccncc1S(=O)(=O)N(CC(F)(F)F)C1CC1. The van der Waals surface area contributed by atoms with Gasteiger partial charge in [-0.2, -0.15) is 17.5 Å². The van der Waals surface area contributed by atoms with Crippen molar-refractivity contribution in [2.45, 2.75) is 30.0 Å². The number of rotatable bonds is 4. The van der Waals surface area contributed by atoms with E-state index < -0.39 is 28.8 Å². The Balaban J connectivity index is 2.38. The Labute approximate surface area is 108 Å². The maximum absolute atomic E-state index is 12.5. The molecule has 0 aromatic carbocycles. The quantitative estimate of drug-likeness (QED) is 0.910. The topological polar surface area (TPSA) is 76.3 Å². The Kier molecular flexibility index (Phi) is 3.43. The number of aromatic nitrogens is 1. The Hall–Kier alpha value is -1.35. The van der Waals surface area contributed by atoms with Crippen molar-refractivity contribution >= 4 is 15.7 Å². The zero-order chi connectivity index (χ0) is 14.3. The summed E-state index contributed by atoms with van der Waals surface area (Å²) in [5.41, 5.74) is 5.39. The lowest BCUT2D eigenvalue weighted by atomic mass is 10.4. The third kappa shape index (κ3) is 3.16. The summed E-state index contributed by atoms with van der Waals surface area (Å²) < 4.78 is 62.4. The number of sulfonamides is 1. The molecule has 1 aromatic heterocycles. The summed E-state index contributed by atoms with van der Waals surface area (Å²) >= 11 is 0. The van der Waals surface area contributed by atoms with Crippen LogP contribution in [0.5, 0.6) is 0 Å². The van der Waals surface area contributed by atoms with Crippen molar-refractivity contribution in [1.29, 1.82) is 0 Å². The summed E-state index contributed by atoms with van der Waals surface area (Å²) in [6, 6.07) is 0.636. The molecule has 0 radical (unpaired) electrons. The summed E-state index contributed by atoms with van der Waals surface area (Å²) in [6.07, 6.45) is -1.49. The zero-order valence-corrected chi connectivity index (χ0v) is 10.6. The average molecular weight is 295 g/mol. The fourth-order valence-electron chi connectivity index (χ4n) is 1.68. The van der Waals surface area contributed by atoms with Crippen LogP contribution < -0.4 is 5.73 Å². The molecule has 1 aromatic rings. The molecule has 1 heterocycles. The molecular weight excluding hydrogens is 283 g/mol. The summed E-state index contributed by atoms with van der Waals surface area (Å²) in [4.78, 5) is 3.22. The Morgan fingerprint density at radius 3 is 2.53 bits per heavy atom. The van der Waals surface area contributed by atoms with Crippen molar-refractivity contribution in [3.05, 3.63) is 18.5 Å². The minimum atomic E-state index is -4.59. The van der Waals surface area contributed by atoms with E-state index in [2.05, 4.69) is 4.98 Å².